The summed E-state index contributed by atoms with van der Waals surface area (Å²) in [5.74, 6) is 3.46. The molecule has 3 nitrogen and oxygen atoms in total. The van der Waals surface area contributed by atoms with Crippen molar-refractivity contribution in [1.29, 1.82) is 0 Å². The molecular weight excluding hydrogens is 210 g/mol. The molecule has 1 aromatic heterocycles. The maximum atomic E-state index is 6.27. The van der Waals surface area contributed by atoms with Crippen LogP contribution in [0.2, 0.25) is 0 Å². The summed E-state index contributed by atoms with van der Waals surface area (Å²) in [6.45, 7) is 14.1. The highest BCUT2D eigenvalue weighted by Crippen LogP contribution is 2.28. The molecule has 0 aliphatic carbocycles. The molecule has 2 N–H and O–H groups in total. The molecule has 1 aromatic rings. The Hall–Kier alpha value is -0.990. The van der Waals surface area contributed by atoms with E-state index in [-0.39, 0.29) is 0 Å². The molecule has 0 amide bonds. The van der Waals surface area contributed by atoms with E-state index in [9.17, 15) is 0 Å². The van der Waals surface area contributed by atoms with E-state index in [1.807, 2.05) is 0 Å². The summed E-state index contributed by atoms with van der Waals surface area (Å²) in [6.07, 6.45) is 1.08. The van der Waals surface area contributed by atoms with Crippen LogP contribution in [0.25, 0.3) is 0 Å². The molecule has 0 saturated heterocycles. The third-order valence-electron chi connectivity index (χ3n) is 3.21. The fraction of sp³-hybridized carbons (Fsp3) is 0.786. The zero-order valence-electron chi connectivity index (χ0n) is 12.1. The van der Waals surface area contributed by atoms with E-state index < -0.39 is 0 Å². The smallest absolute Gasteiger partial charge is 0.127 e. The topological polar surface area (TPSA) is 43.8 Å². The Balaban J connectivity index is 3.20. The molecule has 1 heterocycles. The highest BCUT2D eigenvalue weighted by Gasteiger charge is 2.20. The van der Waals surface area contributed by atoms with Gasteiger partial charge in [0.1, 0.15) is 11.6 Å². The lowest BCUT2D eigenvalue weighted by Gasteiger charge is -2.14. The van der Waals surface area contributed by atoms with Crippen LogP contribution in [0.1, 0.15) is 71.3 Å². The maximum Gasteiger partial charge on any atom is 0.127 e. The summed E-state index contributed by atoms with van der Waals surface area (Å²) in [7, 11) is 0. The third-order valence-corrected chi connectivity index (χ3v) is 3.21. The zero-order valence-corrected chi connectivity index (χ0v) is 12.1. The Labute approximate surface area is 105 Å². The Morgan fingerprint density at radius 3 is 2.18 bits per heavy atom. The SMILES string of the molecule is CCC(C)c1nc(C(C)C)n(CC(C)C)c1N. The highest BCUT2D eigenvalue weighted by molar-refractivity contribution is 5.41. The van der Waals surface area contributed by atoms with Crippen LogP contribution in [0.5, 0.6) is 0 Å². The quantitative estimate of drug-likeness (QED) is 0.847. The van der Waals surface area contributed by atoms with Crippen LogP contribution in [0.3, 0.4) is 0 Å². The lowest BCUT2D eigenvalue weighted by Crippen LogP contribution is -2.12. The lowest BCUT2D eigenvalue weighted by atomic mass is 10.1. The van der Waals surface area contributed by atoms with Gasteiger partial charge in [-0.05, 0) is 12.3 Å². The molecule has 0 aromatic carbocycles. The van der Waals surface area contributed by atoms with E-state index in [0.29, 0.717) is 17.8 Å². The fourth-order valence-corrected chi connectivity index (χ4v) is 2.06. The lowest BCUT2D eigenvalue weighted by molar-refractivity contribution is 0.502. The van der Waals surface area contributed by atoms with Gasteiger partial charge in [-0.2, -0.15) is 0 Å². The number of nitrogens with zero attached hydrogens (tertiary/aromatic N) is 2. The second-order valence-corrected chi connectivity index (χ2v) is 5.71. The van der Waals surface area contributed by atoms with Crippen molar-refractivity contribution in [2.45, 2.75) is 66.3 Å². The molecule has 0 aliphatic heterocycles. The molecule has 17 heavy (non-hydrogen) atoms. The Morgan fingerprint density at radius 2 is 1.76 bits per heavy atom. The van der Waals surface area contributed by atoms with Gasteiger partial charge in [-0.25, -0.2) is 4.98 Å². The molecule has 0 bridgehead atoms. The molecule has 0 saturated carbocycles. The molecule has 0 fully saturated rings. The Kier molecular flexibility index (Phi) is 4.61. The van der Waals surface area contributed by atoms with Gasteiger partial charge in [-0.15, -0.1) is 0 Å². The first-order chi connectivity index (χ1) is 7.88. The zero-order chi connectivity index (χ0) is 13.2. The average molecular weight is 237 g/mol. The van der Waals surface area contributed by atoms with Gasteiger partial charge in [0.15, 0.2) is 0 Å². The normalized spacial score (nSPS) is 13.6. The summed E-state index contributed by atoms with van der Waals surface area (Å²) in [5, 5.41) is 0. The van der Waals surface area contributed by atoms with Gasteiger partial charge in [0.05, 0.1) is 5.69 Å². The predicted molar refractivity (Wildman–Crippen MR) is 74.3 cm³/mol. The molecule has 1 atom stereocenters. The van der Waals surface area contributed by atoms with Gasteiger partial charge >= 0.3 is 0 Å². The molecule has 3 heteroatoms. The summed E-state index contributed by atoms with van der Waals surface area (Å²) in [4.78, 5) is 4.77. The summed E-state index contributed by atoms with van der Waals surface area (Å²) < 4.78 is 2.21. The van der Waals surface area contributed by atoms with E-state index in [1.54, 1.807) is 0 Å². The average Bonchev–Trinajstić information content (AvgIpc) is 2.55. The van der Waals surface area contributed by atoms with Crippen molar-refractivity contribution in [3.63, 3.8) is 0 Å². The van der Waals surface area contributed by atoms with Crippen LogP contribution in [0.4, 0.5) is 5.82 Å². The highest BCUT2D eigenvalue weighted by atomic mass is 15.1. The van der Waals surface area contributed by atoms with Crippen LogP contribution in [0, 0.1) is 5.92 Å². The van der Waals surface area contributed by atoms with E-state index >= 15 is 0 Å². The van der Waals surface area contributed by atoms with Crippen molar-refractivity contribution < 1.29 is 0 Å². The van der Waals surface area contributed by atoms with E-state index in [1.165, 1.54) is 0 Å². The van der Waals surface area contributed by atoms with Crippen LogP contribution in [-0.4, -0.2) is 9.55 Å². The second-order valence-electron chi connectivity index (χ2n) is 5.71. The number of hydrogen-bond acceptors (Lipinski definition) is 2. The number of rotatable bonds is 5. The van der Waals surface area contributed by atoms with Crippen LogP contribution < -0.4 is 5.73 Å². The van der Waals surface area contributed by atoms with Gasteiger partial charge in [0, 0.05) is 18.4 Å². The summed E-state index contributed by atoms with van der Waals surface area (Å²) in [6, 6.07) is 0. The number of nitrogens with two attached hydrogens (primary N) is 1. The number of nitrogen functional groups attached to an aromatic ring is 1. The molecule has 0 aliphatic rings. The Bertz CT molecular complexity index is 364. The van der Waals surface area contributed by atoms with Crippen LogP contribution >= 0.6 is 0 Å². The first-order valence-corrected chi connectivity index (χ1v) is 6.74. The molecule has 98 valence electrons. The van der Waals surface area contributed by atoms with Crippen molar-refractivity contribution in [3.8, 4) is 0 Å². The van der Waals surface area contributed by atoms with Crippen LogP contribution in [0.15, 0.2) is 0 Å². The summed E-state index contributed by atoms with van der Waals surface area (Å²) >= 11 is 0. The minimum absolute atomic E-state index is 0.425. The first-order valence-electron chi connectivity index (χ1n) is 6.74. The molecule has 1 rings (SSSR count). The second kappa shape index (κ2) is 5.56. The number of hydrogen-bond donors (Lipinski definition) is 1. The number of aromatic nitrogens is 2. The van der Waals surface area contributed by atoms with Gasteiger partial charge in [0.2, 0.25) is 0 Å². The van der Waals surface area contributed by atoms with E-state index in [0.717, 1.165) is 30.3 Å². The summed E-state index contributed by atoms with van der Waals surface area (Å²) in [5.41, 5.74) is 7.35. The van der Waals surface area contributed by atoms with Gasteiger partial charge in [-0.1, -0.05) is 41.5 Å². The molecular formula is C14H27N3. The monoisotopic (exact) mass is 237 g/mol. The minimum atomic E-state index is 0.425. The number of anilines is 1. The first kappa shape index (κ1) is 14.1. The van der Waals surface area contributed by atoms with Crippen molar-refractivity contribution in [2.24, 2.45) is 5.92 Å². The molecule has 0 spiro atoms. The van der Waals surface area contributed by atoms with E-state index in [4.69, 9.17) is 10.7 Å². The molecule has 1 unspecified atom stereocenters. The predicted octanol–water partition coefficient (Wildman–Crippen LogP) is 3.76. The van der Waals surface area contributed by atoms with Gasteiger partial charge < -0.3 is 10.3 Å². The van der Waals surface area contributed by atoms with E-state index in [2.05, 4.69) is 46.1 Å². The largest absolute Gasteiger partial charge is 0.384 e. The van der Waals surface area contributed by atoms with Crippen LogP contribution in [-0.2, 0) is 6.54 Å². The molecule has 0 radical (unpaired) electrons. The van der Waals surface area contributed by atoms with Crippen molar-refractivity contribution in [1.82, 2.24) is 9.55 Å². The third kappa shape index (κ3) is 3.02. The Morgan fingerprint density at radius 1 is 1.18 bits per heavy atom. The fourth-order valence-electron chi connectivity index (χ4n) is 2.06. The maximum absolute atomic E-state index is 6.27. The van der Waals surface area contributed by atoms with Gasteiger partial charge in [0.25, 0.3) is 0 Å². The standard InChI is InChI=1S/C14H27N3/c1-7-11(6)12-13(15)17(8-9(2)3)14(16-12)10(4)5/h9-11H,7-8,15H2,1-6H3. The van der Waals surface area contributed by atoms with Crippen molar-refractivity contribution in [3.05, 3.63) is 11.5 Å². The van der Waals surface area contributed by atoms with Gasteiger partial charge in [-0.3, -0.25) is 0 Å². The number of imidazole rings is 1. The van der Waals surface area contributed by atoms with Crippen molar-refractivity contribution >= 4 is 5.82 Å². The van der Waals surface area contributed by atoms with Crippen molar-refractivity contribution in [2.75, 3.05) is 5.73 Å². The minimum Gasteiger partial charge on any atom is -0.384 e.